The highest BCUT2D eigenvalue weighted by molar-refractivity contribution is 7.21. The molecule has 1 atom stereocenters. The number of carbonyl (C=O) groups is 1. The van der Waals surface area contributed by atoms with Crippen LogP contribution in [0.2, 0.25) is 10.0 Å². The van der Waals surface area contributed by atoms with Gasteiger partial charge in [-0.3, -0.25) is 0 Å². The lowest BCUT2D eigenvalue weighted by Gasteiger charge is -2.27. The molecule has 0 fully saturated rings. The third-order valence-corrected chi connectivity index (χ3v) is 8.69. The van der Waals surface area contributed by atoms with Crippen LogP contribution in [-0.2, 0) is 0 Å². The van der Waals surface area contributed by atoms with Gasteiger partial charge in [0.2, 0.25) is 5.88 Å². The SMILES string of the molecule is CCOc1cc(C2C(C#N)=C(N)Oc3cc(OC(=O)c4sc5cccc(Cl)c5c4Cl)ccc32)ccc1OCCC(C)C. The van der Waals surface area contributed by atoms with E-state index in [-0.39, 0.29) is 27.1 Å². The summed E-state index contributed by atoms with van der Waals surface area (Å²) in [6.07, 6.45) is 0.911. The van der Waals surface area contributed by atoms with Crippen LogP contribution in [0, 0.1) is 17.2 Å². The molecule has 0 saturated heterocycles. The minimum absolute atomic E-state index is 0.0316. The monoisotopic (exact) mass is 622 g/mol. The molecule has 1 aromatic heterocycles. The lowest BCUT2D eigenvalue weighted by Crippen LogP contribution is -2.21. The molecular formula is C32H28Cl2N2O5S. The van der Waals surface area contributed by atoms with Gasteiger partial charge < -0.3 is 24.7 Å². The molecule has 10 heteroatoms. The molecule has 0 spiro atoms. The van der Waals surface area contributed by atoms with Crippen molar-refractivity contribution < 1.29 is 23.7 Å². The van der Waals surface area contributed by atoms with Crippen molar-refractivity contribution in [1.29, 1.82) is 5.26 Å². The summed E-state index contributed by atoms with van der Waals surface area (Å²) in [7, 11) is 0. The fourth-order valence-corrected chi connectivity index (χ4v) is 6.52. The molecule has 3 aromatic carbocycles. The van der Waals surface area contributed by atoms with E-state index in [0.717, 1.165) is 16.7 Å². The first-order valence-electron chi connectivity index (χ1n) is 13.4. The highest BCUT2D eigenvalue weighted by Crippen LogP contribution is 2.46. The fraction of sp³-hybridized carbons (Fsp3) is 0.250. The molecule has 216 valence electrons. The maximum Gasteiger partial charge on any atom is 0.355 e. The van der Waals surface area contributed by atoms with Crippen LogP contribution in [-0.4, -0.2) is 19.2 Å². The largest absolute Gasteiger partial charge is 0.490 e. The van der Waals surface area contributed by atoms with Crippen LogP contribution in [0.3, 0.4) is 0 Å². The Morgan fingerprint density at radius 2 is 1.93 bits per heavy atom. The Kier molecular flexibility index (Phi) is 8.83. The molecule has 0 aliphatic carbocycles. The number of rotatable bonds is 9. The Balaban J connectivity index is 1.46. The number of benzene rings is 3. The summed E-state index contributed by atoms with van der Waals surface area (Å²) in [6, 6.07) is 18.1. The summed E-state index contributed by atoms with van der Waals surface area (Å²) in [4.78, 5) is 13.3. The number of nitriles is 1. The molecule has 5 rings (SSSR count). The lowest BCUT2D eigenvalue weighted by molar-refractivity contribution is 0.0740. The number of carbonyl (C=O) groups excluding carboxylic acids is 1. The van der Waals surface area contributed by atoms with Crippen LogP contribution in [0.1, 0.15) is 53.9 Å². The van der Waals surface area contributed by atoms with Gasteiger partial charge in [0.05, 0.1) is 29.2 Å². The summed E-state index contributed by atoms with van der Waals surface area (Å²) < 4.78 is 24.2. The second kappa shape index (κ2) is 12.5. The minimum atomic E-state index is -0.625. The summed E-state index contributed by atoms with van der Waals surface area (Å²) in [5.41, 5.74) is 7.94. The summed E-state index contributed by atoms with van der Waals surface area (Å²) in [6.45, 7) is 7.19. The first kappa shape index (κ1) is 29.6. The van der Waals surface area contributed by atoms with Gasteiger partial charge in [0, 0.05) is 21.7 Å². The molecule has 0 saturated carbocycles. The molecule has 1 aliphatic rings. The zero-order valence-corrected chi connectivity index (χ0v) is 25.5. The molecule has 0 amide bonds. The molecule has 2 N–H and O–H groups in total. The third kappa shape index (κ3) is 5.86. The van der Waals surface area contributed by atoms with Crippen molar-refractivity contribution in [1.82, 2.24) is 0 Å². The van der Waals surface area contributed by atoms with Crippen LogP contribution in [0.4, 0.5) is 0 Å². The van der Waals surface area contributed by atoms with E-state index in [0.29, 0.717) is 52.4 Å². The second-order valence-corrected chi connectivity index (χ2v) is 11.9. The number of nitrogens with zero attached hydrogens (tertiary/aromatic N) is 1. The zero-order valence-electron chi connectivity index (χ0n) is 23.2. The predicted octanol–water partition coefficient (Wildman–Crippen LogP) is 8.47. The minimum Gasteiger partial charge on any atom is -0.490 e. The topological polar surface area (TPSA) is 104 Å². The first-order valence-corrected chi connectivity index (χ1v) is 15.0. The van der Waals surface area contributed by atoms with Crippen molar-refractivity contribution in [3.8, 4) is 29.1 Å². The number of halogens is 2. The van der Waals surface area contributed by atoms with E-state index in [2.05, 4.69) is 19.9 Å². The van der Waals surface area contributed by atoms with Gasteiger partial charge in [0.1, 0.15) is 28.0 Å². The molecule has 0 bridgehead atoms. The van der Waals surface area contributed by atoms with Crippen molar-refractivity contribution >= 4 is 50.6 Å². The van der Waals surface area contributed by atoms with Gasteiger partial charge in [0.25, 0.3) is 0 Å². The summed E-state index contributed by atoms with van der Waals surface area (Å²) in [5, 5.41) is 11.3. The van der Waals surface area contributed by atoms with Gasteiger partial charge in [-0.15, -0.1) is 11.3 Å². The Morgan fingerprint density at radius 3 is 2.64 bits per heavy atom. The number of esters is 1. The molecule has 2 heterocycles. The number of thiophene rings is 1. The van der Waals surface area contributed by atoms with Crippen molar-refractivity contribution in [2.24, 2.45) is 11.7 Å². The predicted molar refractivity (Wildman–Crippen MR) is 165 cm³/mol. The average Bonchev–Trinajstić information content (AvgIpc) is 3.30. The maximum atomic E-state index is 13.1. The Labute approximate surface area is 258 Å². The molecule has 42 heavy (non-hydrogen) atoms. The van der Waals surface area contributed by atoms with E-state index >= 15 is 0 Å². The molecule has 4 aromatic rings. The van der Waals surface area contributed by atoms with Crippen LogP contribution in [0.5, 0.6) is 23.0 Å². The van der Waals surface area contributed by atoms with Gasteiger partial charge >= 0.3 is 5.97 Å². The zero-order chi connectivity index (χ0) is 30.0. The molecule has 1 unspecified atom stereocenters. The quantitative estimate of drug-likeness (QED) is 0.147. The highest BCUT2D eigenvalue weighted by atomic mass is 35.5. The maximum absolute atomic E-state index is 13.1. The van der Waals surface area contributed by atoms with E-state index in [9.17, 15) is 10.1 Å². The molecular weight excluding hydrogens is 595 g/mol. The Bertz CT molecular complexity index is 1740. The Morgan fingerprint density at radius 1 is 1.12 bits per heavy atom. The molecule has 0 radical (unpaired) electrons. The average molecular weight is 624 g/mol. The van der Waals surface area contributed by atoms with E-state index in [4.69, 9.17) is 47.9 Å². The van der Waals surface area contributed by atoms with E-state index in [1.807, 2.05) is 31.2 Å². The Hall–Kier alpha value is -3.90. The fourth-order valence-electron chi connectivity index (χ4n) is 4.69. The normalized spacial score (nSPS) is 14.4. The van der Waals surface area contributed by atoms with E-state index in [1.165, 1.54) is 11.3 Å². The number of allylic oxidation sites excluding steroid dienone is 1. The summed E-state index contributed by atoms with van der Waals surface area (Å²) >= 11 is 14.0. The number of fused-ring (bicyclic) bond motifs is 2. The van der Waals surface area contributed by atoms with Crippen LogP contribution in [0.25, 0.3) is 10.1 Å². The highest BCUT2D eigenvalue weighted by Gasteiger charge is 2.32. The van der Waals surface area contributed by atoms with Crippen molar-refractivity contribution in [3.05, 3.63) is 92.1 Å². The lowest BCUT2D eigenvalue weighted by atomic mass is 9.83. The van der Waals surface area contributed by atoms with E-state index < -0.39 is 11.9 Å². The van der Waals surface area contributed by atoms with Crippen LogP contribution < -0.4 is 24.7 Å². The van der Waals surface area contributed by atoms with Gasteiger partial charge in [-0.1, -0.05) is 55.2 Å². The number of ether oxygens (including phenoxy) is 4. The van der Waals surface area contributed by atoms with Crippen molar-refractivity contribution in [2.45, 2.75) is 33.1 Å². The van der Waals surface area contributed by atoms with Gasteiger partial charge in [0.15, 0.2) is 11.5 Å². The van der Waals surface area contributed by atoms with Gasteiger partial charge in [-0.25, -0.2) is 4.79 Å². The van der Waals surface area contributed by atoms with Gasteiger partial charge in [-0.2, -0.15) is 5.26 Å². The van der Waals surface area contributed by atoms with Crippen LogP contribution >= 0.6 is 34.5 Å². The molecule has 7 nitrogen and oxygen atoms in total. The van der Waals surface area contributed by atoms with Crippen LogP contribution in [0.15, 0.2) is 66.1 Å². The number of hydrogen-bond donors (Lipinski definition) is 1. The van der Waals surface area contributed by atoms with E-state index in [1.54, 1.807) is 30.3 Å². The van der Waals surface area contributed by atoms with Crippen molar-refractivity contribution in [2.75, 3.05) is 13.2 Å². The number of nitrogens with two attached hydrogens (primary N) is 1. The first-order chi connectivity index (χ1) is 20.2. The third-order valence-electron chi connectivity index (χ3n) is 6.75. The molecule has 1 aliphatic heterocycles. The smallest absolute Gasteiger partial charge is 0.355 e. The van der Waals surface area contributed by atoms with Crippen molar-refractivity contribution in [3.63, 3.8) is 0 Å². The van der Waals surface area contributed by atoms with Gasteiger partial charge in [-0.05, 0) is 55.2 Å². The second-order valence-electron chi connectivity index (χ2n) is 10.0. The number of hydrogen-bond acceptors (Lipinski definition) is 8. The summed E-state index contributed by atoms with van der Waals surface area (Å²) in [5.74, 6) is 1.12. The standard InChI is InChI=1S/C32H28Cl2N2O5S/c1-4-38-25-14-18(8-11-23(25)39-13-12-17(2)3)27-20-10-9-19(15-24(20)41-31(36)21(27)16-35)40-32(37)30-29(34)28-22(33)6-5-7-26(28)42-30/h5-11,14-15,17,27H,4,12-13,36H2,1-3H3.